The predicted octanol–water partition coefficient (Wildman–Crippen LogP) is 2.72. The van der Waals surface area contributed by atoms with Gasteiger partial charge in [0.1, 0.15) is 11.8 Å². The summed E-state index contributed by atoms with van der Waals surface area (Å²) in [6.45, 7) is 0. The Labute approximate surface area is 121 Å². The fourth-order valence-electron chi connectivity index (χ4n) is 1.53. The first-order valence-electron chi connectivity index (χ1n) is 5.44. The normalized spacial score (nSPS) is 10.8. The van der Waals surface area contributed by atoms with Gasteiger partial charge < -0.3 is 5.11 Å². The fraction of sp³-hybridized carbons (Fsp3) is 0. The number of phenolic OH excluding ortho intramolecular Hbond substituents is 1. The lowest BCUT2D eigenvalue weighted by Gasteiger charge is -2.09. The third-order valence-electron chi connectivity index (χ3n) is 2.47. The molecule has 0 aromatic heterocycles. The van der Waals surface area contributed by atoms with E-state index in [0.717, 1.165) is 6.07 Å². The van der Waals surface area contributed by atoms with E-state index < -0.39 is 10.0 Å². The minimum Gasteiger partial charge on any atom is -0.508 e. The first-order chi connectivity index (χ1) is 9.42. The third kappa shape index (κ3) is 3.02. The van der Waals surface area contributed by atoms with E-state index in [1.807, 2.05) is 6.07 Å². The quantitative estimate of drug-likeness (QED) is 0.912. The Hall–Kier alpha value is -2.23. The second-order valence-electron chi connectivity index (χ2n) is 3.91. The van der Waals surface area contributed by atoms with E-state index in [9.17, 15) is 13.5 Å². The highest BCUT2D eigenvalue weighted by atomic mass is 35.5. The molecule has 2 rings (SSSR count). The van der Waals surface area contributed by atoms with Crippen molar-refractivity contribution in [3.63, 3.8) is 0 Å². The van der Waals surface area contributed by atoms with Gasteiger partial charge in [-0.05, 0) is 30.3 Å². The number of nitriles is 1. The molecule has 0 fully saturated rings. The summed E-state index contributed by atoms with van der Waals surface area (Å²) < 4.78 is 26.5. The second kappa shape index (κ2) is 5.41. The van der Waals surface area contributed by atoms with Crippen molar-refractivity contribution in [3.8, 4) is 11.8 Å². The number of anilines is 1. The zero-order valence-corrected chi connectivity index (χ0v) is 11.6. The maximum atomic E-state index is 12.1. The van der Waals surface area contributed by atoms with Gasteiger partial charge in [0, 0.05) is 6.07 Å². The molecule has 0 aliphatic carbocycles. The Morgan fingerprint density at radius 3 is 2.55 bits per heavy atom. The zero-order chi connectivity index (χ0) is 14.8. The molecule has 0 saturated heterocycles. The van der Waals surface area contributed by atoms with Gasteiger partial charge in [0.15, 0.2) is 0 Å². The molecule has 0 unspecified atom stereocenters. The van der Waals surface area contributed by atoms with E-state index in [2.05, 4.69) is 4.72 Å². The van der Waals surface area contributed by atoms with Gasteiger partial charge in [-0.25, -0.2) is 8.42 Å². The average Bonchev–Trinajstić information content (AvgIpc) is 2.38. The van der Waals surface area contributed by atoms with Crippen LogP contribution in [0.4, 0.5) is 5.69 Å². The molecule has 2 aromatic carbocycles. The average molecular weight is 309 g/mol. The van der Waals surface area contributed by atoms with Crippen LogP contribution in [0.25, 0.3) is 0 Å². The summed E-state index contributed by atoms with van der Waals surface area (Å²) in [5, 5.41) is 18.2. The van der Waals surface area contributed by atoms with E-state index in [0.29, 0.717) is 0 Å². The van der Waals surface area contributed by atoms with Crippen molar-refractivity contribution in [2.24, 2.45) is 0 Å². The third-order valence-corrected chi connectivity index (χ3v) is 4.16. The lowest BCUT2D eigenvalue weighted by atomic mass is 10.2. The molecule has 2 N–H and O–H groups in total. The second-order valence-corrected chi connectivity index (χ2v) is 6.00. The number of phenols is 1. The number of aromatic hydroxyl groups is 1. The van der Waals surface area contributed by atoms with Crippen LogP contribution in [0.1, 0.15) is 5.56 Å². The van der Waals surface area contributed by atoms with E-state index in [1.165, 1.54) is 36.4 Å². The van der Waals surface area contributed by atoms with E-state index in [4.69, 9.17) is 16.9 Å². The number of hydrogen-bond donors (Lipinski definition) is 2. The van der Waals surface area contributed by atoms with E-state index in [-0.39, 0.29) is 26.9 Å². The summed E-state index contributed by atoms with van der Waals surface area (Å²) in [5.41, 5.74) is 0.490. The first kappa shape index (κ1) is 14.2. The number of halogens is 1. The number of sulfonamides is 1. The maximum Gasteiger partial charge on any atom is 0.262 e. The van der Waals surface area contributed by atoms with Crippen molar-refractivity contribution in [3.05, 3.63) is 53.1 Å². The molecule has 0 amide bonds. The van der Waals surface area contributed by atoms with Crippen molar-refractivity contribution in [1.82, 2.24) is 0 Å². The summed E-state index contributed by atoms with van der Waals surface area (Å²) in [6, 6.07) is 11.4. The SMILES string of the molecule is N#Cc1ccc(NS(=O)(=O)c2cccc(O)c2)cc1Cl. The van der Waals surface area contributed by atoms with Gasteiger partial charge in [-0.2, -0.15) is 5.26 Å². The lowest BCUT2D eigenvalue weighted by Crippen LogP contribution is -2.12. The Balaban J connectivity index is 2.34. The van der Waals surface area contributed by atoms with Crippen LogP contribution in [0, 0.1) is 11.3 Å². The predicted molar refractivity (Wildman–Crippen MR) is 75.1 cm³/mol. The van der Waals surface area contributed by atoms with Crippen LogP contribution >= 0.6 is 11.6 Å². The zero-order valence-electron chi connectivity index (χ0n) is 10.0. The van der Waals surface area contributed by atoms with Crippen LogP contribution in [0.3, 0.4) is 0 Å². The van der Waals surface area contributed by atoms with Crippen molar-refractivity contribution in [1.29, 1.82) is 5.26 Å². The van der Waals surface area contributed by atoms with Crippen LogP contribution in [0.5, 0.6) is 5.75 Å². The Morgan fingerprint density at radius 2 is 1.95 bits per heavy atom. The Kier molecular flexibility index (Phi) is 3.84. The van der Waals surface area contributed by atoms with Gasteiger partial charge >= 0.3 is 0 Å². The van der Waals surface area contributed by atoms with Gasteiger partial charge in [0.05, 0.1) is 21.2 Å². The molecule has 2 aromatic rings. The Bertz CT molecular complexity index is 798. The number of nitrogens with zero attached hydrogens (tertiary/aromatic N) is 1. The summed E-state index contributed by atoms with van der Waals surface area (Å²) in [5.74, 6) is -0.147. The molecular formula is C13H9ClN2O3S. The van der Waals surface area contributed by atoms with Gasteiger partial charge in [-0.1, -0.05) is 17.7 Å². The van der Waals surface area contributed by atoms with Crippen LogP contribution in [0.2, 0.25) is 5.02 Å². The highest BCUT2D eigenvalue weighted by molar-refractivity contribution is 7.92. The molecule has 0 spiro atoms. The lowest BCUT2D eigenvalue weighted by molar-refractivity contribution is 0.473. The largest absolute Gasteiger partial charge is 0.508 e. The molecule has 0 atom stereocenters. The fourth-order valence-corrected chi connectivity index (χ4v) is 2.85. The molecule has 0 heterocycles. The molecule has 0 saturated carbocycles. The van der Waals surface area contributed by atoms with Crippen molar-refractivity contribution in [2.45, 2.75) is 4.90 Å². The van der Waals surface area contributed by atoms with Crippen molar-refractivity contribution in [2.75, 3.05) is 4.72 Å². The van der Waals surface area contributed by atoms with E-state index >= 15 is 0 Å². The first-order valence-corrected chi connectivity index (χ1v) is 7.30. The van der Waals surface area contributed by atoms with E-state index in [1.54, 1.807) is 0 Å². The molecular weight excluding hydrogens is 300 g/mol. The van der Waals surface area contributed by atoms with Crippen molar-refractivity contribution >= 4 is 27.3 Å². The van der Waals surface area contributed by atoms with Gasteiger partial charge in [0.2, 0.25) is 0 Å². The number of hydrogen-bond acceptors (Lipinski definition) is 4. The smallest absolute Gasteiger partial charge is 0.262 e. The molecule has 20 heavy (non-hydrogen) atoms. The maximum absolute atomic E-state index is 12.1. The summed E-state index contributed by atoms with van der Waals surface area (Å²) >= 11 is 5.83. The summed E-state index contributed by atoms with van der Waals surface area (Å²) in [7, 11) is -3.82. The molecule has 0 aliphatic rings. The molecule has 5 nitrogen and oxygen atoms in total. The molecule has 7 heteroatoms. The van der Waals surface area contributed by atoms with Crippen LogP contribution in [0.15, 0.2) is 47.4 Å². The molecule has 102 valence electrons. The Morgan fingerprint density at radius 1 is 1.20 bits per heavy atom. The van der Waals surface area contributed by atoms with Gasteiger partial charge in [-0.15, -0.1) is 0 Å². The molecule has 0 bridgehead atoms. The highest BCUT2D eigenvalue weighted by Gasteiger charge is 2.15. The summed E-state index contributed by atoms with van der Waals surface area (Å²) in [4.78, 5) is -0.0713. The minimum atomic E-state index is -3.82. The van der Waals surface area contributed by atoms with Gasteiger partial charge in [-0.3, -0.25) is 4.72 Å². The summed E-state index contributed by atoms with van der Waals surface area (Å²) in [6.07, 6.45) is 0. The number of rotatable bonds is 3. The number of benzene rings is 2. The van der Waals surface area contributed by atoms with Gasteiger partial charge in [0.25, 0.3) is 10.0 Å². The minimum absolute atomic E-state index is 0.0713. The van der Waals surface area contributed by atoms with Crippen LogP contribution in [-0.4, -0.2) is 13.5 Å². The topological polar surface area (TPSA) is 90.2 Å². The van der Waals surface area contributed by atoms with Crippen molar-refractivity contribution < 1.29 is 13.5 Å². The monoisotopic (exact) mass is 308 g/mol. The number of nitrogens with one attached hydrogen (secondary N) is 1. The molecule has 0 aliphatic heterocycles. The highest BCUT2D eigenvalue weighted by Crippen LogP contribution is 2.23. The van der Waals surface area contributed by atoms with Crippen LogP contribution in [-0.2, 0) is 10.0 Å². The standard InChI is InChI=1S/C13H9ClN2O3S/c14-13-6-10(5-4-9(13)8-15)16-20(18,19)12-3-1-2-11(17)7-12/h1-7,16-17H. The van der Waals surface area contributed by atoms with Crippen LogP contribution < -0.4 is 4.72 Å². The molecule has 0 radical (unpaired) electrons.